The molecule has 2 aliphatic rings. The number of hydrogen-bond donors (Lipinski definition) is 1. The van der Waals surface area contributed by atoms with Crippen LogP contribution in [0.5, 0.6) is 0 Å². The summed E-state index contributed by atoms with van der Waals surface area (Å²) in [4.78, 5) is 24.6. The van der Waals surface area contributed by atoms with E-state index in [-0.39, 0.29) is 12.0 Å². The van der Waals surface area contributed by atoms with Crippen molar-refractivity contribution in [2.24, 2.45) is 0 Å². The summed E-state index contributed by atoms with van der Waals surface area (Å²) in [5.74, 6) is 0.642. The van der Waals surface area contributed by atoms with Crippen LogP contribution >= 0.6 is 11.3 Å². The largest absolute Gasteiger partial charge is 0.376 e. The van der Waals surface area contributed by atoms with Crippen molar-refractivity contribution in [1.82, 2.24) is 25.1 Å². The van der Waals surface area contributed by atoms with Gasteiger partial charge in [0, 0.05) is 34.0 Å². The second kappa shape index (κ2) is 8.49. The van der Waals surface area contributed by atoms with Crippen LogP contribution in [0, 0.1) is 13.8 Å². The second-order valence-corrected chi connectivity index (χ2v) is 9.44. The molecule has 2 fully saturated rings. The van der Waals surface area contributed by atoms with Gasteiger partial charge in [0.1, 0.15) is 0 Å². The third kappa shape index (κ3) is 4.26. The lowest BCUT2D eigenvalue weighted by atomic mass is 10.1. The zero-order chi connectivity index (χ0) is 21.4. The maximum atomic E-state index is 12.9. The van der Waals surface area contributed by atoms with Crippen molar-refractivity contribution >= 4 is 17.2 Å². The molecule has 1 aliphatic carbocycles. The van der Waals surface area contributed by atoms with E-state index in [1.807, 2.05) is 6.07 Å². The highest BCUT2D eigenvalue weighted by Gasteiger charge is 2.34. The maximum Gasteiger partial charge on any atom is 0.254 e. The lowest BCUT2D eigenvalue weighted by molar-refractivity contribution is -0.0855. The average Bonchev–Trinajstić information content (AvgIpc) is 3.43. The first-order chi connectivity index (χ1) is 15.1. The van der Waals surface area contributed by atoms with Gasteiger partial charge in [-0.05, 0) is 38.8 Å². The summed E-state index contributed by atoms with van der Waals surface area (Å²) in [6.07, 6.45) is 5.33. The minimum Gasteiger partial charge on any atom is -0.376 e. The molecule has 0 spiro atoms. The zero-order valence-corrected chi connectivity index (χ0v) is 18.4. The van der Waals surface area contributed by atoms with Crippen LogP contribution in [0.1, 0.15) is 44.6 Å². The van der Waals surface area contributed by atoms with Crippen LogP contribution in [0.25, 0.3) is 17.2 Å². The maximum absolute atomic E-state index is 12.9. The van der Waals surface area contributed by atoms with Crippen molar-refractivity contribution in [2.75, 3.05) is 26.4 Å². The Kier molecular flexibility index (Phi) is 5.56. The highest BCUT2D eigenvalue weighted by Crippen LogP contribution is 2.42. The summed E-state index contributed by atoms with van der Waals surface area (Å²) in [5, 5.41) is 7.47. The van der Waals surface area contributed by atoms with Gasteiger partial charge in [-0.25, -0.2) is 14.6 Å². The summed E-state index contributed by atoms with van der Waals surface area (Å²) in [5.41, 5.74) is 3.44. The lowest BCUT2D eigenvalue weighted by Gasteiger charge is -2.23. The van der Waals surface area contributed by atoms with Gasteiger partial charge in [0.25, 0.3) is 11.9 Å². The van der Waals surface area contributed by atoms with Crippen molar-refractivity contribution in [1.29, 1.82) is 0 Å². The summed E-state index contributed by atoms with van der Waals surface area (Å²) >= 11 is 1.75. The number of carbonyl (C=O) groups is 1. The molecule has 1 unspecified atom stereocenters. The third-order valence-corrected chi connectivity index (χ3v) is 6.51. The van der Waals surface area contributed by atoms with Gasteiger partial charge in [0.05, 0.1) is 49.1 Å². The van der Waals surface area contributed by atoms with Crippen LogP contribution in [-0.2, 0) is 9.47 Å². The number of ether oxygens (including phenoxy) is 2. The van der Waals surface area contributed by atoms with E-state index >= 15 is 0 Å². The molecule has 1 saturated carbocycles. The molecule has 5 rings (SSSR count). The smallest absolute Gasteiger partial charge is 0.254 e. The molecule has 9 heteroatoms. The van der Waals surface area contributed by atoms with Crippen molar-refractivity contribution in [3.63, 3.8) is 0 Å². The van der Waals surface area contributed by atoms with Crippen LogP contribution < -0.4 is 5.32 Å². The van der Waals surface area contributed by atoms with E-state index in [0.29, 0.717) is 43.8 Å². The Labute approximate surface area is 184 Å². The topological polar surface area (TPSA) is 91.2 Å². The van der Waals surface area contributed by atoms with E-state index < -0.39 is 0 Å². The summed E-state index contributed by atoms with van der Waals surface area (Å²) in [6.45, 7) is 6.27. The fourth-order valence-electron chi connectivity index (χ4n) is 3.88. The van der Waals surface area contributed by atoms with Gasteiger partial charge in [-0.3, -0.25) is 4.79 Å². The zero-order valence-electron chi connectivity index (χ0n) is 17.6. The van der Waals surface area contributed by atoms with Gasteiger partial charge in [-0.1, -0.05) is 0 Å². The van der Waals surface area contributed by atoms with Crippen LogP contribution in [0.15, 0.2) is 24.5 Å². The monoisotopic (exact) mass is 439 g/mol. The number of aromatic nitrogens is 4. The highest BCUT2D eigenvalue weighted by molar-refractivity contribution is 7.12. The van der Waals surface area contributed by atoms with Crippen LogP contribution in [0.2, 0.25) is 0 Å². The Morgan fingerprint density at radius 2 is 2.19 bits per heavy atom. The third-order valence-electron chi connectivity index (χ3n) is 5.54. The van der Waals surface area contributed by atoms with E-state index in [4.69, 9.17) is 14.5 Å². The van der Waals surface area contributed by atoms with E-state index in [1.54, 1.807) is 28.4 Å². The molecule has 162 valence electrons. The Morgan fingerprint density at radius 3 is 2.90 bits per heavy atom. The van der Waals surface area contributed by atoms with Gasteiger partial charge in [0.15, 0.2) is 0 Å². The number of nitrogens with zero attached hydrogens (tertiary/aromatic N) is 4. The predicted molar refractivity (Wildman–Crippen MR) is 117 cm³/mol. The number of aryl methyl sites for hydroxylation is 2. The Bertz CT molecular complexity index is 1100. The fourth-order valence-corrected chi connectivity index (χ4v) is 4.82. The molecule has 1 atom stereocenters. The SMILES string of the molecule is Cc1cc(-c2ccnc(-n3ncc(C(=O)NCC4COCCO4)c3C3CC3)n2)c(C)s1. The van der Waals surface area contributed by atoms with Crippen LogP contribution in [-0.4, -0.2) is 58.1 Å². The van der Waals surface area contributed by atoms with Gasteiger partial charge in [-0.2, -0.15) is 5.10 Å². The first-order valence-corrected chi connectivity index (χ1v) is 11.4. The molecule has 1 N–H and O–H groups in total. The first kappa shape index (κ1) is 20.3. The minimum atomic E-state index is -0.150. The summed E-state index contributed by atoms with van der Waals surface area (Å²) < 4.78 is 12.7. The Hall–Kier alpha value is -2.62. The molecular formula is C22H25N5O3S. The van der Waals surface area contributed by atoms with E-state index in [9.17, 15) is 4.79 Å². The standard InChI is InChI=1S/C22H25N5O3S/c1-13-9-17(14(2)31-13)19-5-6-23-22(26-19)27-20(15-3-4-15)18(11-25-27)21(28)24-10-16-12-29-7-8-30-16/h5-6,9,11,15-16H,3-4,7-8,10,12H2,1-2H3,(H,24,28). The van der Waals surface area contributed by atoms with Crippen molar-refractivity contribution < 1.29 is 14.3 Å². The molecule has 3 aromatic rings. The minimum absolute atomic E-state index is 0.116. The molecule has 0 bridgehead atoms. The second-order valence-electron chi connectivity index (χ2n) is 7.98. The molecule has 31 heavy (non-hydrogen) atoms. The summed E-state index contributed by atoms with van der Waals surface area (Å²) in [6, 6.07) is 4.06. The quantitative estimate of drug-likeness (QED) is 0.635. The number of thiophene rings is 1. The molecule has 0 radical (unpaired) electrons. The summed E-state index contributed by atoms with van der Waals surface area (Å²) in [7, 11) is 0. The molecule has 3 aromatic heterocycles. The highest BCUT2D eigenvalue weighted by atomic mass is 32.1. The molecule has 1 amide bonds. The normalized spacial score (nSPS) is 18.8. The number of nitrogens with one attached hydrogen (secondary N) is 1. The Morgan fingerprint density at radius 1 is 1.32 bits per heavy atom. The van der Waals surface area contributed by atoms with Crippen molar-refractivity contribution in [2.45, 2.75) is 38.7 Å². The van der Waals surface area contributed by atoms with Gasteiger partial charge in [0.2, 0.25) is 0 Å². The van der Waals surface area contributed by atoms with Crippen molar-refractivity contribution in [3.8, 4) is 17.2 Å². The lowest BCUT2D eigenvalue weighted by Crippen LogP contribution is -2.39. The molecule has 8 nitrogen and oxygen atoms in total. The van der Waals surface area contributed by atoms with E-state index in [1.165, 1.54) is 9.75 Å². The molecule has 1 aliphatic heterocycles. The molecule has 0 aromatic carbocycles. The number of hydrogen-bond acceptors (Lipinski definition) is 7. The predicted octanol–water partition coefficient (Wildman–Crippen LogP) is 3.03. The molecule has 1 saturated heterocycles. The fraction of sp³-hybridized carbons (Fsp3) is 0.455. The van der Waals surface area contributed by atoms with E-state index in [2.05, 4.69) is 35.3 Å². The number of carbonyl (C=O) groups excluding carboxylic acids is 1. The van der Waals surface area contributed by atoms with Gasteiger partial charge >= 0.3 is 0 Å². The number of rotatable bonds is 6. The van der Waals surface area contributed by atoms with Crippen LogP contribution in [0.3, 0.4) is 0 Å². The van der Waals surface area contributed by atoms with E-state index in [0.717, 1.165) is 29.8 Å². The van der Waals surface area contributed by atoms with Gasteiger partial charge < -0.3 is 14.8 Å². The Balaban J connectivity index is 1.42. The average molecular weight is 440 g/mol. The first-order valence-electron chi connectivity index (χ1n) is 10.6. The van der Waals surface area contributed by atoms with Gasteiger partial charge in [-0.15, -0.1) is 11.3 Å². The molecular weight excluding hydrogens is 414 g/mol. The van der Waals surface area contributed by atoms with Crippen molar-refractivity contribution in [3.05, 3.63) is 45.5 Å². The van der Waals surface area contributed by atoms with Crippen LogP contribution in [0.4, 0.5) is 0 Å². The number of amides is 1. The molecule has 4 heterocycles.